The number of nitrogens with one attached hydrogen (secondary N) is 2. The summed E-state index contributed by atoms with van der Waals surface area (Å²) < 4.78 is 0. The summed E-state index contributed by atoms with van der Waals surface area (Å²) in [4.78, 5) is 26.8. The lowest BCUT2D eigenvalue weighted by molar-refractivity contribution is -0.122. The molecule has 1 heterocycles. The fraction of sp³-hybridized carbons (Fsp3) is 0.444. The topological polar surface area (TPSA) is 62.0 Å². The number of allylic oxidation sites excluding steroid dienone is 2. The van der Waals surface area contributed by atoms with Crippen molar-refractivity contribution < 1.29 is 4.79 Å². The molecule has 4 heteroatoms. The van der Waals surface area contributed by atoms with Crippen molar-refractivity contribution in [3.05, 3.63) is 57.0 Å². The minimum absolute atomic E-state index is 0.0341. The molecule has 0 fully saturated rings. The Morgan fingerprint density at radius 2 is 2.27 bits per heavy atom. The van der Waals surface area contributed by atoms with Gasteiger partial charge in [-0.05, 0) is 38.3 Å². The Morgan fingerprint density at radius 3 is 2.95 bits per heavy atom. The van der Waals surface area contributed by atoms with E-state index in [-0.39, 0.29) is 17.4 Å². The zero-order valence-electron chi connectivity index (χ0n) is 13.3. The van der Waals surface area contributed by atoms with Gasteiger partial charge in [0.05, 0.1) is 5.54 Å². The lowest BCUT2D eigenvalue weighted by Gasteiger charge is -2.48. The predicted molar refractivity (Wildman–Crippen MR) is 86.5 cm³/mol. The van der Waals surface area contributed by atoms with Gasteiger partial charge < -0.3 is 10.3 Å². The molecule has 0 saturated carbocycles. The van der Waals surface area contributed by atoms with Gasteiger partial charge in [0.15, 0.2) is 0 Å². The summed E-state index contributed by atoms with van der Waals surface area (Å²) in [7, 11) is 0. The average molecular weight is 298 g/mol. The molecule has 4 nitrogen and oxygen atoms in total. The Bertz CT molecular complexity index is 742. The van der Waals surface area contributed by atoms with Gasteiger partial charge in [-0.25, -0.2) is 0 Å². The Hall–Kier alpha value is -2.10. The van der Waals surface area contributed by atoms with Crippen LogP contribution in [0.15, 0.2) is 40.2 Å². The number of H-pyrrole nitrogens is 1. The molecule has 116 valence electrons. The van der Waals surface area contributed by atoms with E-state index < -0.39 is 5.54 Å². The fourth-order valence-corrected chi connectivity index (χ4v) is 4.02. The van der Waals surface area contributed by atoms with Crippen molar-refractivity contribution in [2.75, 3.05) is 0 Å². The normalized spacial score (nSPS) is 28.0. The number of aromatic nitrogens is 1. The summed E-state index contributed by atoms with van der Waals surface area (Å²) in [5.41, 5.74) is 3.90. The van der Waals surface area contributed by atoms with Gasteiger partial charge in [0.1, 0.15) is 0 Å². The summed E-state index contributed by atoms with van der Waals surface area (Å²) >= 11 is 0. The molecule has 2 bridgehead atoms. The van der Waals surface area contributed by atoms with Gasteiger partial charge in [-0.2, -0.15) is 0 Å². The molecule has 3 rings (SSSR count). The Balaban J connectivity index is 2.25. The van der Waals surface area contributed by atoms with Crippen LogP contribution in [-0.2, 0) is 16.8 Å². The summed E-state index contributed by atoms with van der Waals surface area (Å²) in [5.74, 6) is 0.272. The maximum absolute atomic E-state index is 12.2. The monoisotopic (exact) mass is 298 g/mol. The third-order valence-corrected chi connectivity index (χ3v) is 4.79. The minimum atomic E-state index is -0.511. The molecule has 0 aromatic carbocycles. The third-order valence-electron chi connectivity index (χ3n) is 4.79. The van der Waals surface area contributed by atoms with Crippen LogP contribution in [0.3, 0.4) is 0 Å². The van der Waals surface area contributed by atoms with Gasteiger partial charge in [-0.1, -0.05) is 24.6 Å². The molecule has 1 aromatic rings. The standard InChI is InChI=1S/C18H22N2O2/c1-4-13-12-8-11(3)10-18(13,20-16(21)5-2)14-6-7-17(22)19-15(14)9-12/h4,6-8,12H,5,9-10H2,1-3H3,(H,19,22)(H,20,21)/b13-4+. The molecule has 2 N–H and O–H groups in total. The highest BCUT2D eigenvalue weighted by Crippen LogP contribution is 2.49. The molecule has 0 aliphatic heterocycles. The van der Waals surface area contributed by atoms with E-state index in [4.69, 9.17) is 0 Å². The van der Waals surface area contributed by atoms with Gasteiger partial charge in [-0.15, -0.1) is 0 Å². The summed E-state index contributed by atoms with van der Waals surface area (Å²) in [6.07, 6.45) is 6.38. The summed E-state index contributed by atoms with van der Waals surface area (Å²) in [6, 6.07) is 3.43. The van der Waals surface area contributed by atoms with E-state index in [1.54, 1.807) is 6.07 Å². The number of hydrogen-bond donors (Lipinski definition) is 2. The van der Waals surface area contributed by atoms with Gasteiger partial charge in [-0.3, -0.25) is 9.59 Å². The number of fused-ring (bicyclic) bond motifs is 4. The average Bonchev–Trinajstić information content (AvgIpc) is 2.45. The van der Waals surface area contributed by atoms with Crippen LogP contribution >= 0.6 is 0 Å². The van der Waals surface area contributed by atoms with E-state index in [1.807, 2.05) is 19.9 Å². The number of carbonyl (C=O) groups excluding carboxylic acids is 1. The predicted octanol–water partition coefficient (Wildman–Crippen LogP) is 2.57. The second-order valence-electron chi connectivity index (χ2n) is 6.27. The van der Waals surface area contributed by atoms with Crippen LogP contribution in [0.2, 0.25) is 0 Å². The van der Waals surface area contributed by atoms with Crippen molar-refractivity contribution in [3.63, 3.8) is 0 Å². The first-order valence-corrected chi connectivity index (χ1v) is 7.88. The fourth-order valence-electron chi connectivity index (χ4n) is 4.02. The highest BCUT2D eigenvalue weighted by molar-refractivity contribution is 5.78. The second-order valence-corrected chi connectivity index (χ2v) is 6.27. The number of amides is 1. The molecule has 0 radical (unpaired) electrons. The number of carbonyl (C=O) groups is 1. The molecule has 0 saturated heterocycles. The number of aromatic amines is 1. The quantitative estimate of drug-likeness (QED) is 0.824. The lowest BCUT2D eigenvalue weighted by atomic mass is 9.63. The van der Waals surface area contributed by atoms with Crippen LogP contribution in [0.5, 0.6) is 0 Å². The molecule has 2 unspecified atom stereocenters. The summed E-state index contributed by atoms with van der Waals surface area (Å²) in [5, 5.41) is 3.25. The molecular weight excluding hydrogens is 276 g/mol. The number of hydrogen-bond acceptors (Lipinski definition) is 2. The van der Waals surface area contributed by atoms with Crippen molar-refractivity contribution in [3.8, 4) is 0 Å². The Morgan fingerprint density at radius 1 is 1.50 bits per heavy atom. The van der Waals surface area contributed by atoms with Gasteiger partial charge in [0.2, 0.25) is 11.5 Å². The Labute approximate surface area is 130 Å². The maximum Gasteiger partial charge on any atom is 0.248 e. The van der Waals surface area contributed by atoms with Crippen LogP contribution in [0.4, 0.5) is 0 Å². The molecule has 2 aliphatic rings. The van der Waals surface area contributed by atoms with Gasteiger partial charge >= 0.3 is 0 Å². The van der Waals surface area contributed by atoms with E-state index in [1.165, 1.54) is 11.1 Å². The molecular formula is C18H22N2O2. The minimum Gasteiger partial charge on any atom is -0.342 e. The van der Waals surface area contributed by atoms with E-state index in [0.29, 0.717) is 6.42 Å². The van der Waals surface area contributed by atoms with Crippen LogP contribution < -0.4 is 10.9 Å². The van der Waals surface area contributed by atoms with Crippen LogP contribution in [0.25, 0.3) is 0 Å². The Kier molecular flexibility index (Phi) is 3.55. The molecule has 1 aromatic heterocycles. The van der Waals surface area contributed by atoms with Crippen LogP contribution in [-0.4, -0.2) is 10.9 Å². The third kappa shape index (κ3) is 2.14. The molecule has 2 aliphatic carbocycles. The molecule has 0 spiro atoms. The first-order chi connectivity index (χ1) is 10.5. The van der Waals surface area contributed by atoms with E-state index in [9.17, 15) is 9.59 Å². The van der Waals surface area contributed by atoms with E-state index in [2.05, 4.69) is 29.4 Å². The van der Waals surface area contributed by atoms with E-state index >= 15 is 0 Å². The first-order valence-electron chi connectivity index (χ1n) is 7.88. The van der Waals surface area contributed by atoms with Crippen molar-refractivity contribution >= 4 is 5.91 Å². The van der Waals surface area contributed by atoms with Crippen molar-refractivity contribution in [2.24, 2.45) is 5.92 Å². The van der Waals surface area contributed by atoms with Crippen molar-refractivity contribution in [1.29, 1.82) is 0 Å². The van der Waals surface area contributed by atoms with Crippen molar-refractivity contribution in [1.82, 2.24) is 10.3 Å². The highest BCUT2D eigenvalue weighted by Gasteiger charge is 2.47. The van der Waals surface area contributed by atoms with Crippen LogP contribution in [0, 0.1) is 5.92 Å². The zero-order chi connectivity index (χ0) is 15.9. The number of rotatable bonds is 2. The molecule has 1 amide bonds. The van der Waals surface area contributed by atoms with Gasteiger partial charge in [0, 0.05) is 29.7 Å². The zero-order valence-corrected chi connectivity index (χ0v) is 13.3. The first kappa shape index (κ1) is 14.8. The second kappa shape index (κ2) is 5.27. The molecule has 22 heavy (non-hydrogen) atoms. The maximum atomic E-state index is 12.2. The smallest absolute Gasteiger partial charge is 0.248 e. The molecule has 2 atom stereocenters. The highest BCUT2D eigenvalue weighted by atomic mass is 16.1. The lowest BCUT2D eigenvalue weighted by Crippen LogP contribution is -2.53. The van der Waals surface area contributed by atoms with Crippen LogP contribution in [0.1, 0.15) is 44.9 Å². The van der Waals surface area contributed by atoms with E-state index in [0.717, 1.165) is 24.1 Å². The SMILES string of the molecule is C/C=C1\C2C=C(C)CC1(NC(=O)CC)c1ccc(=O)[nH]c1C2. The van der Waals surface area contributed by atoms with Crippen molar-refractivity contribution in [2.45, 2.75) is 45.6 Å². The van der Waals surface area contributed by atoms with Gasteiger partial charge in [0.25, 0.3) is 0 Å². The number of pyridine rings is 1. The largest absolute Gasteiger partial charge is 0.342 e. The summed E-state index contributed by atoms with van der Waals surface area (Å²) in [6.45, 7) is 6.00.